The number of aryl methyl sites for hydroxylation is 2. The summed E-state index contributed by atoms with van der Waals surface area (Å²) in [5.74, 6) is 0.479. The fourth-order valence-corrected chi connectivity index (χ4v) is 4.05. The largest absolute Gasteiger partial charge is 0.493 e. The molecule has 8 heteroatoms. The molecule has 3 heterocycles. The van der Waals surface area contributed by atoms with Gasteiger partial charge in [-0.15, -0.1) is 5.10 Å². The van der Waals surface area contributed by atoms with Gasteiger partial charge in [-0.05, 0) is 42.3 Å². The van der Waals surface area contributed by atoms with Crippen LogP contribution < -0.4 is 10.4 Å². The van der Waals surface area contributed by atoms with E-state index in [1.165, 1.54) is 4.68 Å². The first kappa shape index (κ1) is 21.2. The van der Waals surface area contributed by atoms with Crippen LogP contribution in [-0.4, -0.2) is 31.1 Å². The van der Waals surface area contributed by atoms with Gasteiger partial charge in [0.05, 0.1) is 36.7 Å². The second kappa shape index (κ2) is 8.37. The van der Waals surface area contributed by atoms with E-state index in [2.05, 4.69) is 16.3 Å². The first-order valence-corrected chi connectivity index (χ1v) is 10.7. The standard InChI is InChI=1S/C26H22N6O2/c1-17-4-8-20(9-5-17)24-22(19-10-6-18(15-27)7-11-19)14-23(34-3)25-29-31(26(33)32(24)25)16-21-12-13-30(2)28-21/h4-14H,16H2,1-3H3. The molecule has 5 aromatic rings. The van der Waals surface area contributed by atoms with Crippen LogP contribution in [-0.2, 0) is 13.6 Å². The lowest BCUT2D eigenvalue weighted by Gasteiger charge is -2.15. The Hall–Kier alpha value is -4.64. The summed E-state index contributed by atoms with van der Waals surface area (Å²) >= 11 is 0. The predicted octanol–water partition coefficient (Wildman–Crippen LogP) is 3.80. The van der Waals surface area contributed by atoms with Gasteiger partial charge in [0, 0.05) is 18.8 Å². The zero-order chi connectivity index (χ0) is 23.8. The molecule has 0 atom stereocenters. The maximum Gasteiger partial charge on any atom is 0.351 e. The average Bonchev–Trinajstić information content (AvgIpc) is 3.41. The minimum Gasteiger partial charge on any atom is -0.493 e. The Kier molecular flexibility index (Phi) is 5.22. The van der Waals surface area contributed by atoms with Crippen molar-refractivity contribution >= 4 is 5.65 Å². The summed E-state index contributed by atoms with van der Waals surface area (Å²) in [4.78, 5) is 13.7. The summed E-state index contributed by atoms with van der Waals surface area (Å²) in [6, 6.07) is 21.2. The number of methoxy groups -OCH3 is 1. The van der Waals surface area contributed by atoms with Crippen molar-refractivity contribution in [2.75, 3.05) is 7.11 Å². The summed E-state index contributed by atoms with van der Waals surface area (Å²) in [6.45, 7) is 2.26. The van der Waals surface area contributed by atoms with E-state index in [9.17, 15) is 10.1 Å². The number of fused-ring (bicyclic) bond motifs is 1. The molecule has 0 fully saturated rings. The van der Waals surface area contributed by atoms with Crippen molar-refractivity contribution in [3.05, 3.63) is 94.2 Å². The molecule has 2 aromatic carbocycles. The number of rotatable bonds is 5. The van der Waals surface area contributed by atoms with Gasteiger partial charge < -0.3 is 4.74 Å². The zero-order valence-electron chi connectivity index (χ0n) is 19.1. The molecule has 0 bridgehead atoms. The van der Waals surface area contributed by atoms with Crippen LogP contribution in [0.1, 0.15) is 16.8 Å². The average molecular weight is 451 g/mol. The molecule has 0 aliphatic heterocycles. The van der Waals surface area contributed by atoms with Gasteiger partial charge in [0.15, 0.2) is 5.75 Å². The number of ether oxygens (including phenoxy) is 1. The first-order valence-electron chi connectivity index (χ1n) is 10.7. The van der Waals surface area contributed by atoms with E-state index in [0.717, 1.165) is 27.9 Å². The second-order valence-electron chi connectivity index (χ2n) is 8.11. The smallest absolute Gasteiger partial charge is 0.351 e. The van der Waals surface area contributed by atoms with Gasteiger partial charge in [0.1, 0.15) is 0 Å². The van der Waals surface area contributed by atoms with E-state index in [0.29, 0.717) is 22.7 Å². The number of nitriles is 1. The Morgan fingerprint density at radius 2 is 1.71 bits per heavy atom. The molecule has 8 nitrogen and oxygen atoms in total. The Morgan fingerprint density at radius 1 is 1.00 bits per heavy atom. The van der Waals surface area contributed by atoms with Crippen molar-refractivity contribution in [2.24, 2.45) is 7.05 Å². The van der Waals surface area contributed by atoms with Crippen LogP contribution in [0.2, 0.25) is 0 Å². The molecule has 3 aromatic heterocycles. The highest BCUT2D eigenvalue weighted by Crippen LogP contribution is 2.36. The molecular weight excluding hydrogens is 428 g/mol. The van der Waals surface area contributed by atoms with Crippen LogP contribution in [0.15, 0.2) is 71.7 Å². The summed E-state index contributed by atoms with van der Waals surface area (Å²) in [6.07, 6.45) is 1.83. The Labute approximate surface area is 195 Å². The predicted molar refractivity (Wildman–Crippen MR) is 129 cm³/mol. The van der Waals surface area contributed by atoms with Crippen molar-refractivity contribution in [1.82, 2.24) is 24.0 Å². The molecule has 34 heavy (non-hydrogen) atoms. The number of benzene rings is 2. The van der Waals surface area contributed by atoms with Gasteiger partial charge in [0.2, 0.25) is 5.65 Å². The van der Waals surface area contributed by atoms with Crippen LogP contribution in [0.4, 0.5) is 0 Å². The molecule has 0 saturated heterocycles. The van der Waals surface area contributed by atoms with E-state index < -0.39 is 0 Å². The third-order valence-electron chi connectivity index (χ3n) is 5.76. The lowest BCUT2D eigenvalue weighted by Crippen LogP contribution is -2.23. The van der Waals surface area contributed by atoms with Gasteiger partial charge in [-0.2, -0.15) is 10.4 Å². The van der Waals surface area contributed by atoms with Gasteiger partial charge in [0.25, 0.3) is 0 Å². The highest BCUT2D eigenvalue weighted by Gasteiger charge is 2.22. The number of pyridine rings is 1. The van der Waals surface area contributed by atoms with E-state index in [4.69, 9.17) is 4.74 Å². The molecule has 0 spiro atoms. The number of hydrogen-bond donors (Lipinski definition) is 0. The molecule has 5 rings (SSSR count). The third kappa shape index (κ3) is 3.63. The molecule has 0 unspecified atom stereocenters. The number of hydrogen-bond acceptors (Lipinski definition) is 5. The quantitative estimate of drug-likeness (QED) is 0.406. The molecular formula is C26H22N6O2. The molecule has 0 saturated carbocycles. The van der Waals surface area contributed by atoms with Gasteiger partial charge in [-0.3, -0.25) is 4.68 Å². The van der Waals surface area contributed by atoms with Gasteiger partial charge >= 0.3 is 5.69 Å². The number of aromatic nitrogens is 5. The summed E-state index contributed by atoms with van der Waals surface area (Å²) < 4.78 is 10.4. The maximum atomic E-state index is 13.7. The van der Waals surface area contributed by atoms with Crippen molar-refractivity contribution in [3.8, 4) is 34.2 Å². The van der Waals surface area contributed by atoms with Crippen LogP contribution in [0.25, 0.3) is 28.0 Å². The third-order valence-corrected chi connectivity index (χ3v) is 5.76. The van der Waals surface area contributed by atoms with Crippen molar-refractivity contribution in [3.63, 3.8) is 0 Å². The topological polar surface area (TPSA) is 90.1 Å². The highest BCUT2D eigenvalue weighted by molar-refractivity contribution is 5.85. The molecule has 0 N–H and O–H groups in total. The molecule has 0 aliphatic rings. The van der Waals surface area contributed by atoms with Crippen molar-refractivity contribution in [1.29, 1.82) is 5.26 Å². The zero-order valence-corrected chi connectivity index (χ0v) is 19.1. The maximum absolute atomic E-state index is 13.7. The van der Waals surface area contributed by atoms with E-state index in [1.807, 2.05) is 68.7 Å². The monoisotopic (exact) mass is 450 g/mol. The minimum absolute atomic E-state index is 0.240. The Bertz CT molecular complexity index is 1600. The SMILES string of the molecule is COc1cc(-c2ccc(C#N)cc2)c(-c2ccc(C)cc2)n2c(=O)n(Cc3ccn(C)n3)nc12. The summed E-state index contributed by atoms with van der Waals surface area (Å²) in [7, 11) is 3.39. The van der Waals surface area contributed by atoms with E-state index in [-0.39, 0.29) is 12.2 Å². The minimum atomic E-state index is -0.287. The summed E-state index contributed by atoms with van der Waals surface area (Å²) in [5, 5.41) is 18.2. The van der Waals surface area contributed by atoms with Crippen LogP contribution in [0.3, 0.4) is 0 Å². The van der Waals surface area contributed by atoms with E-state index >= 15 is 0 Å². The van der Waals surface area contributed by atoms with Crippen LogP contribution >= 0.6 is 0 Å². The van der Waals surface area contributed by atoms with E-state index in [1.54, 1.807) is 28.3 Å². The summed E-state index contributed by atoms with van der Waals surface area (Å²) in [5.41, 5.74) is 5.80. The normalized spacial score (nSPS) is 11.0. The van der Waals surface area contributed by atoms with Gasteiger partial charge in [-0.25, -0.2) is 13.9 Å². The second-order valence-corrected chi connectivity index (χ2v) is 8.11. The highest BCUT2D eigenvalue weighted by atomic mass is 16.5. The number of nitrogens with zero attached hydrogens (tertiary/aromatic N) is 6. The molecule has 0 amide bonds. The molecule has 168 valence electrons. The Balaban J connectivity index is 1.82. The lowest BCUT2D eigenvalue weighted by atomic mass is 9.97. The van der Waals surface area contributed by atoms with Gasteiger partial charge in [-0.1, -0.05) is 42.0 Å². The molecule has 0 aliphatic carbocycles. The van der Waals surface area contributed by atoms with Crippen molar-refractivity contribution in [2.45, 2.75) is 13.5 Å². The fourth-order valence-electron chi connectivity index (χ4n) is 4.05. The lowest BCUT2D eigenvalue weighted by molar-refractivity contribution is 0.417. The molecule has 0 radical (unpaired) electrons. The van der Waals surface area contributed by atoms with Crippen LogP contribution in [0.5, 0.6) is 5.75 Å². The fraction of sp³-hybridized carbons (Fsp3) is 0.154. The Morgan fingerprint density at radius 3 is 2.32 bits per heavy atom. The first-order chi connectivity index (χ1) is 16.5. The van der Waals surface area contributed by atoms with Crippen LogP contribution in [0, 0.1) is 18.3 Å². The van der Waals surface area contributed by atoms with Crippen molar-refractivity contribution < 1.29 is 4.74 Å².